The van der Waals surface area contributed by atoms with Crippen LogP contribution in [0.4, 0.5) is 0 Å². The van der Waals surface area contributed by atoms with Crippen LogP contribution in [-0.4, -0.2) is 53.2 Å². The molecule has 0 fully saturated rings. The van der Waals surface area contributed by atoms with Crippen molar-refractivity contribution >= 4 is 57.2 Å². The van der Waals surface area contributed by atoms with Gasteiger partial charge in [0.15, 0.2) is 0 Å². The quantitative estimate of drug-likeness (QED) is 0.197. The lowest BCUT2D eigenvalue weighted by molar-refractivity contribution is -0.137. The number of hydrogen-bond acceptors (Lipinski definition) is 5. The first kappa shape index (κ1) is 29.5. The molecule has 2 aliphatic heterocycles. The summed E-state index contributed by atoms with van der Waals surface area (Å²) in [5.74, 6) is -4.57. The molecule has 0 spiro atoms. The van der Waals surface area contributed by atoms with Gasteiger partial charge in [-0.15, -0.1) is 0 Å². The minimum atomic E-state index is -1.36. The largest absolute Gasteiger partial charge is 0.481 e. The number of hydrogen-bond donors (Lipinski definition) is 5. The van der Waals surface area contributed by atoms with E-state index in [4.69, 9.17) is 9.97 Å². The minimum absolute atomic E-state index is 0.0798. The van der Waals surface area contributed by atoms with Gasteiger partial charge in [0.1, 0.15) is 5.56 Å². The molecule has 0 unspecified atom stereocenters. The number of aromatic amines is 2. The Morgan fingerprint density at radius 3 is 2.16 bits per heavy atom. The number of aryl methyl sites for hydroxylation is 2. The van der Waals surface area contributed by atoms with E-state index in [9.17, 15) is 29.7 Å². The third-order valence-electron chi connectivity index (χ3n) is 8.73. The molecule has 5 rings (SSSR count). The summed E-state index contributed by atoms with van der Waals surface area (Å²) in [7, 11) is 0. The second-order valence-corrected chi connectivity index (χ2v) is 11.1. The molecule has 2 aliphatic rings. The summed E-state index contributed by atoms with van der Waals surface area (Å²) in [6.45, 7) is 13.5. The molecule has 8 bridgehead atoms. The van der Waals surface area contributed by atoms with E-state index in [1.54, 1.807) is 19.1 Å². The van der Waals surface area contributed by atoms with Crippen LogP contribution in [0, 0.1) is 13.8 Å². The summed E-state index contributed by atoms with van der Waals surface area (Å²) < 4.78 is 0. The van der Waals surface area contributed by atoms with E-state index in [0.717, 1.165) is 39.0 Å². The standard InChI is InChI=1S/C33H34N4O6/c1-7-18-14(3)21-11-23-16(5)20(9-10-27(38)39)30(36-23)29(33(42)43)31-28(32(40)41)17(6)24(37-31)13-26-19(8-2)15(4)22(35-26)12-25(18)34-21/h7,11-13,16,20,34,37H,1,8-10H2,2-6H3,(H,38,39)(H,40,41)(H,42,43)/t16-,20-/m0/s1. The molecule has 222 valence electrons. The zero-order valence-corrected chi connectivity index (χ0v) is 24.8. The molecule has 0 saturated heterocycles. The van der Waals surface area contributed by atoms with Crippen molar-refractivity contribution in [1.82, 2.24) is 19.9 Å². The van der Waals surface area contributed by atoms with Crippen LogP contribution in [0.3, 0.4) is 0 Å². The molecule has 10 nitrogen and oxygen atoms in total. The third-order valence-corrected chi connectivity index (χ3v) is 8.73. The lowest BCUT2D eigenvalue weighted by Gasteiger charge is -2.16. The van der Waals surface area contributed by atoms with Gasteiger partial charge in [0.2, 0.25) is 0 Å². The predicted octanol–water partition coefficient (Wildman–Crippen LogP) is 7.06. The smallest absolute Gasteiger partial charge is 0.339 e. The number of nitrogens with zero attached hydrogens (tertiary/aromatic N) is 2. The highest BCUT2D eigenvalue weighted by atomic mass is 16.4. The number of fused-ring (bicyclic) bond motifs is 8. The summed E-state index contributed by atoms with van der Waals surface area (Å²) in [6, 6.07) is 5.58. The lowest BCUT2D eigenvalue weighted by Crippen LogP contribution is -2.11. The number of carboxylic acids is 3. The zero-order chi connectivity index (χ0) is 31.3. The number of H-pyrrole nitrogens is 2. The van der Waals surface area contributed by atoms with Crippen LogP contribution in [-0.2, 0) is 4.79 Å². The van der Waals surface area contributed by atoms with Gasteiger partial charge in [0.05, 0.1) is 28.2 Å². The van der Waals surface area contributed by atoms with Crippen LogP contribution in [0.1, 0.15) is 112 Å². The highest BCUT2D eigenvalue weighted by Crippen LogP contribution is 2.42. The molecule has 3 aromatic heterocycles. The molecule has 5 heterocycles. The number of aliphatic carboxylic acids is 1. The lowest BCUT2D eigenvalue weighted by atomic mass is 9.85. The van der Waals surface area contributed by atoms with Gasteiger partial charge in [0, 0.05) is 46.1 Å². The van der Waals surface area contributed by atoms with Crippen molar-refractivity contribution in [3.63, 3.8) is 0 Å². The van der Waals surface area contributed by atoms with E-state index in [1.165, 1.54) is 0 Å². The van der Waals surface area contributed by atoms with Gasteiger partial charge in [-0.2, -0.15) is 0 Å². The molecule has 0 saturated carbocycles. The maximum atomic E-state index is 12.9. The fraction of sp³-hybridized carbons (Fsp3) is 0.303. The predicted molar refractivity (Wildman–Crippen MR) is 165 cm³/mol. The first-order valence-corrected chi connectivity index (χ1v) is 14.2. The van der Waals surface area contributed by atoms with Crippen LogP contribution in [0.25, 0.3) is 39.3 Å². The summed E-state index contributed by atoms with van der Waals surface area (Å²) in [4.78, 5) is 53.3. The average Bonchev–Trinajstić information content (AvgIpc) is 3.60. The van der Waals surface area contributed by atoms with E-state index in [-0.39, 0.29) is 41.1 Å². The van der Waals surface area contributed by atoms with Crippen molar-refractivity contribution in [2.45, 2.75) is 65.7 Å². The maximum absolute atomic E-state index is 12.9. The van der Waals surface area contributed by atoms with E-state index in [1.807, 2.05) is 39.8 Å². The number of carbonyl (C=O) groups is 3. The fourth-order valence-electron chi connectivity index (χ4n) is 6.32. The van der Waals surface area contributed by atoms with Gasteiger partial charge < -0.3 is 25.3 Å². The first-order valence-electron chi connectivity index (χ1n) is 14.2. The van der Waals surface area contributed by atoms with Crippen LogP contribution in [0.2, 0.25) is 0 Å². The van der Waals surface area contributed by atoms with Crippen molar-refractivity contribution in [2.75, 3.05) is 0 Å². The Morgan fingerprint density at radius 1 is 0.907 bits per heavy atom. The van der Waals surface area contributed by atoms with E-state index in [0.29, 0.717) is 28.9 Å². The van der Waals surface area contributed by atoms with E-state index >= 15 is 0 Å². The van der Waals surface area contributed by atoms with Gasteiger partial charge in [-0.25, -0.2) is 14.6 Å². The normalized spacial score (nSPS) is 16.4. The van der Waals surface area contributed by atoms with Crippen LogP contribution < -0.4 is 0 Å². The second-order valence-electron chi connectivity index (χ2n) is 11.1. The molecular formula is C33H34N4O6. The van der Waals surface area contributed by atoms with E-state index < -0.39 is 23.8 Å². The molecule has 3 aromatic rings. The van der Waals surface area contributed by atoms with Crippen LogP contribution >= 0.6 is 0 Å². The van der Waals surface area contributed by atoms with Gasteiger partial charge >= 0.3 is 17.9 Å². The monoisotopic (exact) mass is 582 g/mol. The summed E-state index contributed by atoms with van der Waals surface area (Å²) >= 11 is 0. The fourth-order valence-corrected chi connectivity index (χ4v) is 6.32. The van der Waals surface area contributed by atoms with Crippen LogP contribution in [0.15, 0.2) is 24.8 Å². The van der Waals surface area contributed by atoms with Crippen molar-refractivity contribution in [2.24, 2.45) is 0 Å². The highest BCUT2D eigenvalue weighted by Gasteiger charge is 2.35. The molecule has 2 atom stereocenters. The number of rotatable bonds is 7. The SMILES string of the molecule is C=Cc1c(C)c2cc3nc(c(C(=O)O)c4[nH]c(cc5nc(cc1[nH]2)C(C)=C5CC)c(C)c4C(=O)O)[C@@H](CCC(=O)O)[C@@H]3C. The Morgan fingerprint density at radius 2 is 1.56 bits per heavy atom. The molecule has 10 heteroatoms. The zero-order valence-electron chi connectivity index (χ0n) is 24.8. The van der Waals surface area contributed by atoms with Crippen LogP contribution in [0.5, 0.6) is 0 Å². The van der Waals surface area contributed by atoms with Crippen molar-refractivity contribution in [1.29, 1.82) is 0 Å². The molecule has 0 radical (unpaired) electrons. The molecule has 0 aromatic carbocycles. The Labute approximate surface area is 247 Å². The highest BCUT2D eigenvalue weighted by molar-refractivity contribution is 6.08. The summed E-state index contributed by atoms with van der Waals surface area (Å²) in [5, 5.41) is 30.3. The van der Waals surface area contributed by atoms with Gasteiger partial charge in [0.25, 0.3) is 0 Å². The molecule has 5 N–H and O–H groups in total. The van der Waals surface area contributed by atoms with Gasteiger partial charge in [-0.05, 0) is 74.1 Å². The Balaban J connectivity index is 2.05. The van der Waals surface area contributed by atoms with Crippen molar-refractivity contribution < 1.29 is 29.7 Å². The molecule has 43 heavy (non-hydrogen) atoms. The molecule has 0 amide bonds. The Hall–Kier alpha value is -4.99. The first-order chi connectivity index (χ1) is 20.4. The number of allylic oxidation sites excluding steroid dienone is 2. The third kappa shape index (κ3) is 4.92. The molecule has 0 aliphatic carbocycles. The Kier molecular flexibility index (Phi) is 7.56. The van der Waals surface area contributed by atoms with Gasteiger partial charge in [-0.1, -0.05) is 26.5 Å². The van der Waals surface area contributed by atoms with E-state index in [2.05, 4.69) is 16.5 Å². The van der Waals surface area contributed by atoms with Crippen molar-refractivity contribution in [3.8, 4) is 0 Å². The maximum Gasteiger partial charge on any atom is 0.339 e. The Bertz CT molecular complexity index is 1930. The summed E-state index contributed by atoms with van der Waals surface area (Å²) in [5.41, 5.74) is 7.71. The minimum Gasteiger partial charge on any atom is -0.481 e. The van der Waals surface area contributed by atoms with Gasteiger partial charge in [-0.3, -0.25) is 9.78 Å². The van der Waals surface area contributed by atoms with Crippen molar-refractivity contribution in [3.05, 3.63) is 75.4 Å². The number of nitrogens with one attached hydrogen (secondary N) is 2. The number of aromatic nitrogens is 4. The number of carboxylic acid groups (broad SMARTS) is 3. The summed E-state index contributed by atoms with van der Waals surface area (Å²) in [6.07, 6.45) is 2.38. The second kappa shape index (κ2) is 11.0. The number of aromatic carboxylic acids is 2. The topological polar surface area (TPSA) is 169 Å². The average molecular weight is 583 g/mol. The molecular weight excluding hydrogens is 548 g/mol.